The van der Waals surface area contributed by atoms with Gasteiger partial charge < -0.3 is 9.47 Å². The van der Waals surface area contributed by atoms with Gasteiger partial charge in [-0.2, -0.15) is 0 Å². The predicted molar refractivity (Wildman–Crippen MR) is 145 cm³/mol. The van der Waals surface area contributed by atoms with Crippen molar-refractivity contribution in [2.24, 2.45) is 0 Å². The summed E-state index contributed by atoms with van der Waals surface area (Å²) >= 11 is 0. The molecule has 0 spiro atoms. The second-order valence-electron chi connectivity index (χ2n) is 8.73. The summed E-state index contributed by atoms with van der Waals surface area (Å²) in [4.78, 5) is 13.0. The van der Waals surface area contributed by atoms with Crippen LogP contribution in [0.1, 0.15) is 52.4 Å². The molecule has 178 valence electrons. The number of carbonyl (C=O) groups excluding carboxylic acids is 1. The Hall–Kier alpha value is -3.85. The number of hydrogen-bond donors (Lipinski definition) is 0. The first-order chi connectivity index (χ1) is 17.1. The molecule has 0 N–H and O–H groups in total. The lowest BCUT2D eigenvalue weighted by Gasteiger charge is -2.17. The van der Waals surface area contributed by atoms with E-state index in [9.17, 15) is 4.79 Å². The monoisotopic (exact) mass is 464 g/mol. The van der Waals surface area contributed by atoms with Crippen molar-refractivity contribution >= 4 is 28.4 Å². The van der Waals surface area contributed by atoms with Gasteiger partial charge in [-0.1, -0.05) is 84.4 Å². The summed E-state index contributed by atoms with van der Waals surface area (Å²) in [7, 11) is 0. The molecule has 3 heteroatoms. The smallest absolute Gasteiger partial charge is 0.338 e. The lowest BCUT2D eigenvalue weighted by atomic mass is 9.89. The zero-order valence-corrected chi connectivity index (χ0v) is 20.7. The van der Waals surface area contributed by atoms with E-state index in [1.165, 1.54) is 5.56 Å². The average Bonchev–Trinajstić information content (AvgIpc) is 2.87. The second kappa shape index (κ2) is 11.5. The first-order valence-electron chi connectivity index (χ1n) is 12.2. The Morgan fingerprint density at radius 3 is 2.43 bits per heavy atom. The van der Waals surface area contributed by atoms with Crippen LogP contribution < -0.4 is 4.74 Å². The summed E-state index contributed by atoms with van der Waals surface area (Å²) in [6, 6.07) is 28.6. The molecule has 3 nitrogen and oxygen atoms in total. The van der Waals surface area contributed by atoms with Gasteiger partial charge in [0.1, 0.15) is 5.75 Å². The molecule has 0 amide bonds. The topological polar surface area (TPSA) is 35.5 Å². The highest BCUT2D eigenvalue weighted by Crippen LogP contribution is 2.34. The zero-order chi connectivity index (χ0) is 24.6. The molecule has 4 aromatic rings. The number of carbonyl (C=O) groups is 1. The van der Waals surface area contributed by atoms with E-state index in [0.717, 1.165) is 51.6 Å². The van der Waals surface area contributed by atoms with Gasteiger partial charge in [0.2, 0.25) is 0 Å². The maximum Gasteiger partial charge on any atom is 0.338 e. The Balaban J connectivity index is 1.70. The summed E-state index contributed by atoms with van der Waals surface area (Å²) < 4.78 is 11.5. The van der Waals surface area contributed by atoms with E-state index < -0.39 is 0 Å². The van der Waals surface area contributed by atoms with Gasteiger partial charge in [0, 0.05) is 0 Å². The Morgan fingerprint density at radius 2 is 1.66 bits per heavy atom. The van der Waals surface area contributed by atoms with Crippen molar-refractivity contribution in [1.29, 1.82) is 0 Å². The fourth-order valence-electron chi connectivity index (χ4n) is 4.42. The van der Waals surface area contributed by atoms with Gasteiger partial charge in [-0.05, 0) is 78.8 Å². The molecule has 0 fully saturated rings. The fourth-order valence-corrected chi connectivity index (χ4v) is 4.42. The molecule has 0 saturated heterocycles. The van der Waals surface area contributed by atoms with Gasteiger partial charge in [-0.3, -0.25) is 0 Å². The van der Waals surface area contributed by atoms with Crippen molar-refractivity contribution in [1.82, 2.24) is 0 Å². The lowest BCUT2D eigenvalue weighted by molar-refractivity contribution is 0.0526. The molecule has 0 bridgehead atoms. The van der Waals surface area contributed by atoms with Crippen molar-refractivity contribution < 1.29 is 14.3 Å². The molecule has 0 heterocycles. The van der Waals surface area contributed by atoms with Crippen LogP contribution in [0.2, 0.25) is 0 Å². The van der Waals surface area contributed by atoms with Crippen LogP contribution in [0.5, 0.6) is 5.75 Å². The predicted octanol–water partition coefficient (Wildman–Crippen LogP) is 8.03. The highest BCUT2D eigenvalue weighted by Gasteiger charge is 2.19. The molecule has 0 aliphatic heterocycles. The maximum absolute atomic E-state index is 13.0. The number of fused-ring (bicyclic) bond motifs is 1. The van der Waals surface area contributed by atoms with Crippen LogP contribution in [0.25, 0.3) is 22.4 Å². The van der Waals surface area contributed by atoms with E-state index in [4.69, 9.17) is 9.47 Å². The molecule has 0 aromatic heterocycles. The minimum Gasteiger partial charge on any atom is -0.493 e. The second-order valence-corrected chi connectivity index (χ2v) is 8.73. The number of ether oxygens (including phenoxy) is 2. The number of benzene rings is 4. The molecule has 35 heavy (non-hydrogen) atoms. The quantitative estimate of drug-likeness (QED) is 0.143. The van der Waals surface area contributed by atoms with E-state index in [1.54, 1.807) is 0 Å². The van der Waals surface area contributed by atoms with Crippen molar-refractivity contribution in [2.75, 3.05) is 13.2 Å². The maximum atomic E-state index is 13.0. The van der Waals surface area contributed by atoms with Crippen LogP contribution >= 0.6 is 0 Å². The molecule has 0 aliphatic rings. The number of aryl methyl sites for hydroxylation is 2. The largest absolute Gasteiger partial charge is 0.493 e. The molecule has 0 aliphatic carbocycles. The van der Waals surface area contributed by atoms with Gasteiger partial charge in [-0.25, -0.2) is 4.79 Å². The van der Waals surface area contributed by atoms with Crippen LogP contribution in [0, 0.1) is 13.8 Å². The van der Waals surface area contributed by atoms with Crippen molar-refractivity contribution in [3.63, 3.8) is 0 Å². The van der Waals surface area contributed by atoms with Crippen LogP contribution in [-0.4, -0.2) is 19.2 Å². The third kappa shape index (κ3) is 5.99. The average molecular weight is 465 g/mol. The first-order valence-corrected chi connectivity index (χ1v) is 12.2. The Bertz CT molecular complexity index is 1340. The van der Waals surface area contributed by atoms with E-state index in [1.807, 2.05) is 55.5 Å². The van der Waals surface area contributed by atoms with Crippen LogP contribution in [0.3, 0.4) is 0 Å². The minimum absolute atomic E-state index is 0.293. The number of esters is 1. The number of hydrogen-bond acceptors (Lipinski definition) is 3. The van der Waals surface area contributed by atoms with Gasteiger partial charge in [0.05, 0.1) is 18.8 Å². The molecule has 4 rings (SSSR count). The Kier molecular flexibility index (Phi) is 7.99. The molecule has 4 aromatic carbocycles. The van der Waals surface area contributed by atoms with Gasteiger partial charge in [0.25, 0.3) is 0 Å². The molecule has 0 unspecified atom stereocenters. The molecule has 0 atom stereocenters. The minimum atomic E-state index is -0.293. The zero-order valence-electron chi connectivity index (χ0n) is 20.7. The van der Waals surface area contributed by atoms with Gasteiger partial charge in [0.15, 0.2) is 0 Å². The van der Waals surface area contributed by atoms with Crippen LogP contribution in [0.4, 0.5) is 0 Å². The highest BCUT2D eigenvalue weighted by molar-refractivity contribution is 6.07. The third-order valence-electron chi connectivity index (χ3n) is 6.06. The van der Waals surface area contributed by atoms with Gasteiger partial charge in [-0.15, -0.1) is 0 Å². The standard InChI is InChI=1S/C32H32O3/c1-4-34-32(33)29-18-17-26-13-8-9-15-28(26)31(29)27(22-25-11-6-5-7-12-25)14-10-20-35-30-19-16-23(2)21-24(30)3/h5-9,11-13,15-19,21-22H,4,10,14,20H2,1-3H3/b27-22-. The van der Waals surface area contributed by atoms with E-state index >= 15 is 0 Å². The molecular weight excluding hydrogens is 432 g/mol. The summed E-state index contributed by atoms with van der Waals surface area (Å²) in [5.74, 6) is 0.625. The Labute approximate surface area is 208 Å². The SMILES string of the molecule is CCOC(=O)c1ccc2ccccc2c1/C(=C\c1ccccc1)CCCOc1ccc(C)cc1C. The van der Waals surface area contributed by atoms with Crippen LogP contribution in [0.15, 0.2) is 84.9 Å². The van der Waals surface area contributed by atoms with Crippen LogP contribution in [-0.2, 0) is 4.74 Å². The van der Waals surface area contributed by atoms with Crippen molar-refractivity contribution in [2.45, 2.75) is 33.6 Å². The van der Waals surface area contributed by atoms with Crippen molar-refractivity contribution in [3.05, 3.63) is 113 Å². The lowest BCUT2D eigenvalue weighted by Crippen LogP contribution is -2.09. The highest BCUT2D eigenvalue weighted by atomic mass is 16.5. The summed E-state index contributed by atoms with van der Waals surface area (Å²) in [6.07, 6.45) is 3.76. The van der Waals surface area contributed by atoms with E-state index in [2.05, 4.69) is 56.3 Å². The van der Waals surface area contributed by atoms with Gasteiger partial charge >= 0.3 is 5.97 Å². The molecule has 0 radical (unpaired) electrons. The third-order valence-corrected chi connectivity index (χ3v) is 6.06. The summed E-state index contributed by atoms with van der Waals surface area (Å²) in [6.45, 7) is 6.93. The number of rotatable bonds is 9. The summed E-state index contributed by atoms with van der Waals surface area (Å²) in [5, 5.41) is 2.15. The van der Waals surface area contributed by atoms with E-state index in [-0.39, 0.29) is 5.97 Å². The first kappa shape index (κ1) is 24.3. The number of allylic oxidation sites excluding steroid dienone is 1. The van der Waals surface area contributed by atoms with Crippen molar-refractivity contribution in [3.8, 4) is 5.75 Å². The summed E-state index contributed by atoms with van der Waals surface area (Å²) in [5.41, 5.74) is 6.11. The molecule has 0 saturated carbocycles. The normalized spacial score (nSPS) is 11.5. The fraction of sp³-hybridized carbons (Fsp3) is 0.219. The van der Waals surface area contributed by atoms with E-state index in [0.29, 0.717) is 18.8 Å². The molecular formula is C32H32O3. The Morgan fingerprint density at radius 1 is 0.886 bits per heavy atom.